The number of aliphatic hydroxyl groups is 1. The molecule has 108 valence electrons. The summed E-state index contributed by atoms with van der Waals surface area (Å²) >= 11 is 16.0. The van der Waals surface area contributed by atoms with Crippen LogP contribution in [0.4, 0.5) is 5.69 Å². The molecule has 2 aromatic rings. The number of anilines is 1. The minimum atomic E-state index is -3.78. The van der Waals surface area contributed by atoms with Gasteiger partial charge in [0.15, 0.2) is 0 Å². The van der Waals surface area contributed by atoms with Gasteiger partial charge in [0.05, 0.1) is 16.1 Å². The van der Waals surface area contributed by atoms with E-state index in [0.29, 0.717) is 18.7 Å². The van der Waals surface area contributed by atoms with Gasteiger partial charge in [-0.1, -0.05) is 23.2 Å². The second-order valence-electron chi connectivity index (χ2n) is 3.77. The summed E-state index contributed by atoms with van der Waals surface area (Å²) in [5.74, 6) is 0. The van der Waals surface area contributed by atoms with Crippen molar-refractivity contribution in [1.82, 2.24) is 0 Å². The Kier molecular flexibility index (Phi) is 4.99. The van der Waals surface area contributed by atoms with E-state index in [1.54, 1.807) is 0 Å². The molecule has 0 aliphatic heterocycles. The third kappa shape index (κ3) is 3.66. The lowest BCUT2D eigenvalue weighted by molar-refractivity contribution is 0.285. The van der Waals surface area contributed by atoms with Gasteiger partial charge in [0.25, 0.3) is 10.0 Å². The summed E-state index contributed by atoms with van der Waals surface area (Å²) in [5.41, 5.74) is 0.270. The van der Waals surface area contributed by atoms with Crippen molar-refractivity contribution in [3.8, 4) is 0 Å². The number of thiophene rings is 1. The topological polar surface area (TPSA) is 66.4 Å². The Hall–Kier alpha value is -0.310. The van der Waals surface area contributed by atoms with Gasteiger partial charge in [-0.25, -0.2) is 8.42 Å². The fraction of sp³-hybridized carbons (Fsp3) is 0.0909. The second kappa shape index (κ2) is 6.21. The van der Waals surface area contributed by atoms with Gasteiger partial charge in [-0.2, -0.15) is 0 Å². The molecule has 0 atom stereocenters. The highest BCUT2D eigenvalue weighted by molar-refractivity contribution is 9.11. The van der Waals surface area contributed by atoms with Gasteiger partial charge in [-0.15, -0.1) is 11.3 Å². The minimum absolute atomic E-state index is 0.0580. The van der Waals surface area contributed by atoms with Crippen LogP contribution in [-0.2, 0) is 16.6 Å². The van der Waals surface area contributed by atoms with E-state index in [4.69, 9.17) is 28.3 Å². The molecule has 2 N–H and O–H groups in total. The molecule has 0 unspecified atom stereocenters. The molecule has 1 heterocycles. The highest BCUT2D eigenvalue weighted by Crippen LogP contribution is 2.33. The lowest BCUT2D eigenvalue weighted by Gasteiger charge is -2.08. The maximum atomic E-state index is 12.3. The SMILES string of the molecule is O=S(=O)(Nc1cc(Cl)cc(Cl)c1)c1cc(CO)sc1Br. The van der Waals surface area contributed by atoms with Crippen LogP contribution < -0.4 is 4.72 Å². The summed E-state index contributed by atoms with van der Waals surface area (Å²) in [6.07, 6.45) is 0. The summed E-state index contributed by atoms with van der Waals surface area (Å²) < 4.78 is 27.4. The van der Waals surface area contributed by atoms with E-state index < -0.39 is 10.0 Å². The second-order valence-corrected chi connectivity index (χ2v) is 8.75. The molecule has 0 aliphatic carbocycles. The summed E-state index contributed by atoms with van der Waals surface area (Å²) in [6, 6.07) is 5.82. The molecule has 0 aliphatic rings. The fourth-order valence-corrected chi connectivity index (χ4v) is 5.59. The third-order valence-corrected chi connectivity index (χ3v) is 6.32. The number of hydrogen-bond acceptors (Lipinski definition) is 4. The van der Waals surface area contributed by atoms with E-state index in [1.165, 1.54) is 24.3 Å². The van der Waals surface area contributed by atoms with Gasteiger partial charge >= 0.3 is 0 Å². The van der Waals surface area contributed by atoms with E-state index >= 15 is 0 Å². The molecule has 0 saturated heterocycles. The average molecular weight is 417 g/mol. The van der Waals surface area contributed by atoms with Crippen LogP contribution in [0.15, 0.2) is 32.9 Å². The zero-order valence-electron chi connectivity index (χ0n) is 9.73. The first-order valence-corrected chi connectivity index (χ1v) is 9.04. The molecule has 0 saturated carbocycles. The molecule has 2 rings (SSSR count). The minimum Gasteiger partial charge on any atom is -0.391 e. The van der Waals surface area contributed by atoms with Gasteiger partial charge in [0.2, 0.25) is 0 Å². The zero-order valence-corrected chi connectivity index (χ0v) is 14.5. The van der Waals surface area contributed by atoms with Crippen LogP contribution in [0.3, 0.4) is 0 Å². The van der Waals surface area contributed by atoms with Crippen molar-refractivity contribution in [2.45, 2.75) is 11.5 Å². The highest BCUT2D eigenvalue weighted by atomic mass is 79.9. The molecule has 0 radical (unpaired) electrons. The number of nitrogens with one attached hydrogen (secondary N) is 1. The van der Waals surface area contributed by atoms with Gasteiger partial charge < -0.3 is 5.11 Å². The van der Waals surface area contributed by atoms with Crippen molar-refractivity contribution in [3.05, 3.63) is 43.0 Å². The predicted octanol–water partition coefficient (Wildman–Crippen LogP) is 4.11. The molecule has 9 heteroatoms. The molecule has 1 aromatic carbocycles. The van der Waals surface area contributed by atoms with Crippen molar-refractivity contribution in [2.75, 3.05) is 4.72 Å². The van der Waals surface area contributed by atoms with Crippen LogP contribution in [0.1, 0.15) is 4.88 Å². The average Bonchev–Trinajstić information content (AvgIpc) is 2.69. The summed E-state index contributed by atoms with van der Waals surface area (Å²) in [4.78, 5) is 0.601. The van der Waals surface area contributed by atoms with Gasteiger partial charge in [-0.3, -0.25) is 4.72 Å². The first kappa shape index (κ1) is 16.1. The number of rotatable bonds is 4. The van der Waals surface area contributed by atoms with Crippen molar-refractivity contribution in [3.63, 3.8) is 0 Å². The Morgan fingerprint density at radius 3 is 2.30 bits per heavy atom. The molecule has 0 fully saturated rings. The van der Waals surface area contributed by atoms with Crippen LogP contribution in [0.2, 0.25) is 10.0 Å². The number of benzene rings is 1. The molecule has 4 nitrogen and oxygen atoms in total. The predicted molar refractivity (Wildman–Crippen MR) is 85.2 cm³/mol. The molecule has 0 spiro atoms. The largest absolute Gasteiger partial charge is 0.391 e. The first-order chi connectivity index (χ1) is 9.31. The Labute approximate surface area is 138 Å². The third-order valence-electron chi connectivity index (χ3n) is 2.27. The zero-order chi connectivity index (χ0) is 14.9. The quantitative estimate of drug-likeness (QED) is 0.787. The van der Waals surface area contributed by atoms with Crippen LogP contribution >= 0.6 is 50.5 Å². The smallest absolute Gasteiger partial charge is 0.263 e. The van der Waals surface area contributed by atoms with Crippen LogP contribution in [0.25, 0.3) is 0 Å². The van der Waals surface area contributed by atoms with Gasteiger partial charge in [0, 0.05) is 14.9 Å². The fourth-order valence-electron chi connectivity index (χ4n) is 1.48. The Bertz CT molecular complexity index is 726. The number of halogens is 3. The van der Waals surface area contributed by atoms with Gasteiger partial charge in [-0.05, 0) is 40.2 Å². The summed E-state index contributed by atoms with van der Waals surface area (Å²) in [5, 5.41) is 9.70. The number of sulfonamides is 1. The molecule has 0 bridgehead atoms. The summed E-state index contributed by atoms with van der Waals surface area (Å²) in [7, 11) is -3.78. The molecule has 20 heavy (non-hydrogen) atoms. The number of hydrogen-bond donors (Lipinski definition) is 2. The van der Waals surface area contributed by atoms with Crippen LogP contribution in [0.5, 0.6) is 0 Å². The lowest BCUT2D eigenvalue weighted by Crippen LogP contribution is -2.12. The Morgan fingerprint density at radius 2 is 1.80 bits per heavy atom. The molecule has 0 amide bonds. The van der Waals surface area contributed by atoms with E-state index in [1.807, 2.05) is 0 Å². The highest BCUT2D eigenvalue weighted by Gasteiger charge is 2.21. The van der Waals surface area contributed by atoms with Crippen molar-refractivity contribution >= 4 is 66.2 Å². The van der Waals surface area contributed by atoms with E-state index in [9.17, 15) is 8.42 Å². The lowest BCUT2D eigenvalue weighted by atomic mass is 10.3. The van der Waals surface area contributed by atoms with Crippen LogP contribution in [-0.4, -0.2) is 13.5 Å². The Balaban J connectivity index is 2.37. The van der Waals surface area contributed by atoms with E-state index in [-0.39, 0.29) is 17.2 Å². The normalized spacial score (nSPS) is 11.6. The van der Waals surface area contributed by atoms with E-state index in [2.05, 4.69) is 20.7 Å². The maximum Gasteiger partial charge on any atom is 0.263 e. The Morgan fingerprint density at radius 1 is 1.20 bits per heavy atom. The van der Waals surface area contributed by atoms with Crippen molar-refractivity contribution in [2.24, 2.45) is 0 Å². The number of aliphatic hydroxyl groups excluding tert-OH is 1. The molecular weight excluding hydrogens is 409 g/mol. The molecule has 1 aromatic heterocycles. The standard InChI is InChI=1S/C11H8BrCl2NO3S2/c12-11-10(4-9(5-16)19-11)20(17,18)15-8-2-6(13)1-7(14)3-8/h1-4,15-16H,5H2. The van der Waals surface area contributed by atoms with Crippen LogP contribution in [0, 0.1) is 0 Å². The first-order valence-electron chi connectivity index (χ1n) is 5.20. The van der Waals surface area contributed by atoms with Gasteiger partial charge in [0.1, 0.15) is 4.90 Å². The van der Waals surface area contributed by atoms with E-state index in [0.717, 1.165) is 11.3 Å². The molecular formula is C11H8BrCl2NO3S2. The van der Waals surface area contributed by atoms with Crippen molar-refractivity contribution in [1.29, 1.82) is 0 Å². The monoisotopic (exact) mass is 415 g/mol. The maximum absolute atomic E-state index is 12.3. The van der Waals surface area contributed by atoms with Crippen molar-refractivity contribution < 1.29 is 13.5 Å². The summed E-state index contributed by atoms with van der Waals surface area (Å²) in [6.45, 7) is -0.220.